The molecular weight excluding hydrogens is 242 g/mol. The van der Waals surface area contributed by atoms with Crippen LogP contribution < -0.4 is 10.6 Å². The summed E-state index contributed by atoms with van der Waals surface area (Å²) in [6.07, 6.45) is 0. The number of carbonyl (C=O) groups is 1. The molecule has 2 unspecified atom stereocenters. The molecule has 1 aromatic rings. The van der Waals surface area contributed by atoms with Crippen LogP contribution in [0.15, 0.2) is 29.3 Å². The molecule has 19 heavy (non-hydrogen) atoms. The van der Waals surface area contributed by atoms with E-state index in [-0.39, 0.29) is 17.9 Å². The van der Waals surface area contributed by atoms with Crippen LogP contribution in [-0.2, 0) is 9.53 Å². The number of carbonyl (C=O) groups excluding carboxylic acids is 1. The standard InChI is InChI=1S/C14H17N3O2/c1-2-19-14(18)11-9-5-3-4-6-10(9)17-12(11)13-15-7-8-16-13/h3-6,11-12,17H,2,7-8H2,1H3,(H,15,16). The summed E-state index contributed by atoms with van der Waals surface area (Å²) in [6, 6.07) is 7.72. The van der Waals surface area contributed by atoms with Crippen LogP contribution in [0.1, 0.15) is 18.4 Å². The van der Waals surface area contributed by atoms with Crippen molar-refractivity contribution in [2.24, 2.45) is 4.99 Å². The summed E-state index contributed by atoms with van der Waals surface area (Å²) in [6.45, 7) is 3.81. The predicted molar refractivity (Wildman–Crippen MR) is 73.5 cm³/mol. The first-order valence-electron chi connectivity index (χ1n) is 6.61. The lowest BCUT2D eigenvalue weighted by Crippen LogP contribution is -2.41. The molecule has 2 aliphatic heterocycles. The highest BCUT2D eigenvalue weighted by Gasteiger charge is 2.41. The molecule has 1 aromatic carbocycles. The van der Waals surface area contributed by atoms with Crippen molar-refractivity contribution in [1.82, 2.24) is 5.32 Å². The summed E-state index contributed by atoms with van der Waals surface area (Å²) >= 11 is 0. The number of hydrogen-bond donors (Lipinski definition) is 2. The van der Waals surface area contributed by atoms with E-state index in [9.17, 15) is 4.79 Å². The van der Waals surface area contributed by atoms with Crippen molar-refractivity contribution in [2.45, 2.75) is 18.9 Å². The van der Waals surface area contributed by atoms with Gasteiger partial charge in [0.2, 0.25) is 0 Å². The second-order valence-electron chi connectivity index (χ2n) is 4.63. The fourth-order valence-electron chi connectivity index (χ4n) is 2.68. The Bertz CT molecular complexity index is 527. The topological polar surface area (TPSA) is 62.7 Å². The number of rotatable bonds is 3. The van der Waals surface area contributed by atoms with Crippen LogP contribution in [0.5, 0.6) is 0 Å². The predicted octanol–water partition coefficient (Wildman–Crippen LogP) is 1.13. The van der Waals surface area contributed by atoms with Gasteiger partial charge in [-0.05, 0) is 18.6 Å². The molecule has 2 N–H and O–H groups in total. The Hall–Kier alpha value is -2.04. The number of anilines is 1. The molecule has 0 aliphatic carbocycles. The maximum absolute atomic E-state index is 12.2. The van der Waals surface area contributed by atoms with Crippen molar-refractivity contribution in [3.8, 4) is 0 Å². The van der Waals surface area contributed by atoms with Gasteiger partial charge in [-0.1, -0.05) is 18.2 Å². The van der Waals surface area contributed by atoms with E-state index < -0.39 is 0 Å². The highest BCUT2D eigenvalue weighted by Crippen LogP contribution is 2.37. The van der Waals surface area contributed by atoms with Crippen LogP contribution in [0.25, 0.3) is 0 Å². The summed E-state index contributed by atoms with van der Waals surface area (Å²) in [7, 11) is 0. The molecule has 5 heteroatoms. The number of amidine groups is 1. The number of nitrogens with one attached hydrogen (secondary N) is 2. The Labute approximate surface area is 112 Å². The minimum absolute atomic E-state index is 0.140. The van der Waals surface area contributed by atoms with Gasteiger partial charge >= 0.3 is 5.97 Å². The molecule has 0 fully saturated rings. The number of para-hydroxylation sites is 1. The van der Waals surface area contributed by atoms with E-state index in [1.807, 2.05) is 31.2 Å². The van der Waals surface area contributed by atoms with E-state index in [1.54, 1.807) is 0 Å². The quantitative estimate of drug-likeness (QED) is 0.799. The number of esters is 1. The smallest absolute Gasteiger partial charge is 0.316 e. The van der Waals surface area contributed by atoms with Gasteiger partial charge in [0.1, 0.15) is 17.8 Å². The van der Waals surface area contributed by atoms with Crippen LogP contribution >= 0.6 is 0 Å². The zero-order chi connectivity index (χ0) is 13.2. The first-order valence-corrected chi connectivity index (χ1v) is 6.61. The molecule has 0 radical (unpaired) electrons. The van der Waals surface area contributed by atoms with Crippen molar-refractivity contribution in [2.75, 3.05) is 25.0 Å². The van der Waals surface area contributed by atoms with Gasteiger partial charge in [0, 0.05) is 12.2 Å². The van der Waals surface area contributed by atoms with Crippen molar-refractivity contribution in [1.29, 1.82) is 0 Å². The van der Waals surface area contributed by atoms with Crippen molar-refractivity contribution >= 4 is 17.5 Å². The summed E-state index contributed by atoms with van der Waals surface area (Å²) in [5.74, 6) is 0.344. The van der Waals surface area contributed by atoms with Gasteiger partial charge in [0.15, 0.2) is 0 Å². The lowest BCUT2D eigenvalue weighted by Gasteiger charge is -2.19. The molecule has 0 saturated carbocycles. The van der Waals surface area contributed by atoms with Gasteiger partial charge in [0.25, 0.3) is 0 Å². The van der Waals surface area contributed by atoms with Gasteiger partial charge in [0.05, 0.1) is 13.2 Å². The Morgan fingerprint density at radius 2 is 2.32 bits per heavy atom. The van der Waals surface area contributed by atoms with Crippen molar-refractivity contribution < 1.29 is 9.53 Å². The first kappa shape index (κ1) is 12.0. The minimum Gasteiger partial charge on any atom is -0.465 e. The lowest BCUT2D eigenvalue weighted by molar-refractivity contribution is -0.144. The largest absolute Gasteiger partial charge is 0.465 e. The molecule has 3 rings (SSSR count). The van der Waals surface area contributed by atoms with Crippen molar-refractivity contribution in [3.63, 3.8) is 0 Å². The normalized spacial score (nSPS) is 24.2. The van der Waals surface area contributed by atoms with Crippen LogP contribution in [0.4, 0.5) is 5.69 Å². The molecule has 0 amide bonds. The SMILES string of the molecule is CCOC(=O)C1c2ccccc2NC1C1=NCCN1. The molecule has 2 atom stereocenters. The van der Waals surface area contributed by atoms with Gasteiger partial charge < -0.3 is 15.4 Å². The van der Waals surface area contributed by atoms with Gasteiger partial charge in [-0.15, -0.1) is 0 Å². The molecule has 5 nitrogen and oxygen atoms in total. The third kappa shape index (κ3) is 2.05. The summed E-state index contributed by atoms with van der Waals surface area (Å²) in [4.78, 5) is 16.7. The third-order valence-corrected chi connectivity index (χ3v) is 3.48. The summed E-state index contributed by atoms with van der Waals surface area (Å²) in [5.41, 5.74) is 1.98. The Morgan fingerprint density at radius 3 is 3.05 bits per heavy atom. The van der Waals surface area contributed by atoms with Gasteiger partial charge in [-0.25, -0.2) is 0 Å². The highest BCUT2D eigenvalue weighted by atomic mass is 16.5. The number of hydrogen-bond acceptors (Lipinski definition) is 5. The zero-order valence-electron chi connectivity index (χ0n) is 10.8. The van der Waals surface area contributed by atoms with Crippen LogP contribution in [-0.4, -0.2) is 37.5 Å². The van der Waals surface area contributed by atoms with Gasteiger partial charge in [-0.3, -0.25) is 9.79 Å². The van der Waals surface area contributed by atoms with E-state index in [0.717, 1.165) is 30.2 Å². The third-order valence-electron chi connectivity index (χ3n) is 3.48. The van der Waals surface area contributed by atoms with Crippen molar-refractivity contribution in [3.05, 3.63) is 29.8 Å². The zero-order valence-corrected chi connectivity index (χ0v) is 10.8. The molecular formula is C14H17N3O2. The van der Waals surface area contributed by atoms with Gasteiger partial charge in [-0.2, -0.15) is 0 Å². The Morgan fingerprint density at radius 1 is 1.47 bits per heavy atom. The van der Waals surface area contributed by atoms with E-state index in [0.29, 0.717) is 6.61 Å². The molecule has 0 saturated heterocycles. The average molecular weight is 259 g/mol. The monoisotopic (exact) mass is 259 g/mol. The summed E-state index contributed by atoms with van der Waals surface area (Å²) in [5, 5.41) is 6.61. The van der Waals surface area contributed by atoms with E-state index in [4.69, 9.17) is 4.74 Å². The lowest BCUT2D eigenvalue weighted by atomic mass is 9.94. The van der Waals surface area contributed by atoms with E-state index in [1.165, 1.54) is 0 Å². The Kier molecular flexibility index (Phi) is 3.11. The average Bonchev–Trinajstić information content (AvgIpc) is 3.06. The fourth-order valence-corrected chi connectivity index (χ4v) is 2.68. The van der Waals surface area contributed by atoms with Crippen LogP contribution in [0.2, 0.25) is 0 Å². The maximum Gasteiger partial charge on any atom is 0.316 e. The first-order chi connectivity index (χ1) is 9.31. The number of nitrogens with zero attached hydrogens (tertiary/aromatic N) is 1. The molecule has 100 valence electrons. The molecule has 2 aliphatic rings. The number of fused-ring (bicyclic) bond motifs is 1. The van der Waals surface area contributed by atoms with Crippen LogP contribution in [0.3, 0.4) is 0 Å². The number of ether oxygens (including phenoxy) is 1. The number of aliphatic imine (C=N–C) groups is 1. The van der Waals surface area contributed by atoms with E-state index in [2.05, 4.69) is 15.6 Å². The second kappa shape index (κ2) is 4.91. The number of benzene rings is 1. The minimum atomic E-state index is -0.319. The molecule has 0 spiro atoms. The Balaban J connectivity index is 1.95. The second-order valence-corrected chi connectivity index (χ2v) is 4.63. The fraction of sp³-hybridized carbons (Fsp3) is 0.429. The molecule has 0 bridgehead atoms. The summed E-state index contributed by atoms with van der Waals surface area (Å²) < 4.78 is 5.21. The molecule has 0 aromatic heterocycles. The molecule has 2 heterocycles. The maximum atomic E-state index is 12.2. The van der Waals surface area contributed by atoms with Crippen LogP contribution in [0, 0.1) is 0 Å². The highest BCUT2D eigenvalue weighted by molar-refractivity contribution is 6.00. The van der Waals surface area contributed by atoms with E-state index >= 15 is 0 Å².